The zero-order chi connectivity index (χ0) is 18.5. The van der Waals surface area contributed by atoms with Crippen LogP contribution in [0, 0.1) is 12.7 Å². The molecule has 0 aliphatic heterocycles. The first-order valence-electron chi connectivity index (χ1n) is 7.91. The molecule has 0 atom stereocenters. The van der Waals surface area contributed by atoms with Crippen molar-refractivity contribution >= 4 is 29.0 Å². The largest absolute Gasteiger partial charge is 0.366 e. The molecule has 1 amide bonds. The smallest absolute Gasteiger partial charge is 0.274 e. The summed E-state index contributed by atoms with van der Waals surface area (Å²) in [6.45, 7) is 2.15. The predicted octanol–water partition coefficient (Wildman–Crippen LogP) is 4.44. The maximum absolute atomic E-state index is 13.2. The summed E-state index contributed by atoms with van der Waals surface area (Å²) in [5, 5.41) is 6.40. The van der Waals surface area contributed by atoms with Crippen LogP contribution in [0.3, 0.4) is 0 Å². The summed E-state index contributed by atoms with van der Waals surface area (Å²) in [6.07, 6.45) is 0. The molecule has 0 aliphatic carbocycles. The minimum atomic E-state index is -0.443. The first kappa shape index (κ1) is 17.8. The SMILES string of the molecule is Cc1nc(NCc2ccccc2Cl)cc(C(=O)Nc2cccc(F)c2)n1. The first-order valence-corrected chi connectivity index (χ1v) is 8.29. The van der Waals surface area contributed by atoms with Crippen LogP contribution in [0.5, 0.6) is 0 Å². The third-order valence-electron chi connectivity index (χ3n) is 3.57. The van der Waals surface area contributed by atoms with E-state index in [9.17, 15) is 9.18 Å². The van der Waals surface area contributed by atoms with Crippen molar-refractivity contribution in [3.05, 3.63) is 82.5 Å². The van der Waals surface area contributed by atoms with E-state index in [0.717, 1.165) is 5.56 Å². The van der Waals surface area contributed by atoms with Crippen LogP contribution < -0.4 is 10.6 Å². The lowest BCUT2D eigenvalue weighted by atomic mass is 10.2. The van der Waals surface area contributed by atoms with Crippen molar-refractivity contribution in [3.8, 4) is 0 Å². The van der Waals surface area contributed by atoms with Gasteiger partial charge >= 0.3 is 0 Å². The molecule has 5 nitrogen and oxygen atoms in total. The third-order valence-corrected chi connectivity index (χ3v) is 3.94. The van der Waals surface area contributed by atoms with E-state index in [2.05, 4.69) is 20.6 Å². The average molecular weight is 371 g/mol. The topological polar surface area (TPSA) is 66.9 Å². The lowest BCUT2D eigenvalue weighted by Gasteiger charge is -2.10. The number of amides is 1. The number of hydrogen-bond donors (Lipinski definition) is 2. The molecule has 0 fully saturated rings. The lowest BCUT2D eigenvalue weighted by molar-refractivity contribution is 0.102. The lowest BCUT2D eigenvalue weighted by Crippen LogP contribution is -2.16. The Kier molecular flexibility index (Phi) is 5.43. The molecule has 7 heteroatoms. The van der Waals surface area contributed by atoms with Gasteiger partial charge in [0.05, 0.1) is 0 Å². The van der Waals surface area contributed by atoms with Gasteiger partial charge in [-0.05, 0) is 36.8 Å². The second-order valence-electron chi connectivity index (χ2n) is 5.60. The van der Waals surface area contributed by atoms with Gasteiger partial charge in [0.1, 0.15) is 23.2 Å². The fraction of sp³-hybridized carbons (Fsp3) is 0.105. The average Bonchev–Trinajstić information content (AvgIpc) is 2.60. The molecule has 2 aromatic carbocycles. The Labute approximate surface area is 155 Å². The summed E-state index contributed by atoms with van der Waals surface area (Å²) < 4.78 is 13.2. The van der Waals surface area contributed by atoms with Crippen LogP contribution in [0.15, 0.2) is 54.6 Å². The molecule has 1 aromatic heterocycles. The fourth-order valence-corrected chi connectivity index (χ4v) is 2.57. The van der Waals surface area contributed by atoms with E-state index in [1.54, 1.807) is 19.1 Å². The number of hydrogen-bond acceptors (Lipinski definition) is 4. The highest BCUT2D eigenvalue weighted by atomic mass is 35.5. The minimum absolute atomic E-state index is 0.184. The number of nitrogens with zero attached hydrogens (tertiary/aromatic N) is 2. The molecule has 26 heavy (non-hydrogen) atoms. The molecular weight excluding hydrogens is 355 g/mol. The maximum Gasteiger partial charge on any atom is 0.274 e. The highest BCUT2D eigenvalue weighted by Gasteiger charge is 2.11. The van der Waals surface area contributed by atoms with Gasteiger partial charge in [0.15, 0.2) is 0 Å². The summed E-state index contributed by atoms with van der Waals surface area (Å²) in [5.41, 5.74) is 1.46. The van der Waals surface area contributed by atoms with Gasteiger partial charge in [-0.25, -0.2) is 14.4 Å². The van der Waals surface area contributed by atoms with E-state index in [4.69, 9.17) is 11.6 Å². The number of carbonyl (C=O) groups excluding carboxylic acids is 1. The van der Waals surface area contributed by atoms with Gasteiger partial charge in [0, 0.05) is 23.3 Å². The van der Waals surface area contributed by atoms with Crippen LogP contribution in [-0.2, 0) is 6.54 Å². The summed E-state index contributed by atoms with van der Waals surface area (Å²) in [6, 6.07) is 14.7. The van der Waals surface area contributed by atoms with Crippen LogP contribution in [-0.4, -0.2) is 15.9 Å². The molecular formula is C19H16ClFN4O. The van der Waals surface area contributed by atoms with E-state index in [1.807, 2.05) is 24.3 Å². The van der Waals surface area contributed by atoms with E-state index in [-0.39, 0.29) is 5.69 Å². The second kappa shape index (κ2) is 7.93. The van der Waals surface area contributed by atoms with Crippen molar-refractivity contribution in [3.63, 3.8) is 0 Å². The number of carbonyl (C=O) groups is 1. The first-order chi connectivity index (χ1) is 12.5. The number of rotatable bonds is 5. The zero-order valence-corrected chi connectivity index (χ0v) is 14.7. The monoisotopic (exact) mass is 370 g/mol. The number of halogens is 2. The van der Waals surface area contributed by atoms with Crippen molar-refractivity contribution < 1.29 is 9.18 Å². The molecule has 0 saturated heterocycles. The molecule has 0 saturated carbocycles. The van der Waals surface area contributed by atoms with Crippen LogP contribution in [0.25, 0.3) is 0 Å². The number of anilines is 2. The number of aryl methyl sites for hydroxylation is 1. The molecule has 0 bridgehead atoms. The maximum atomic E-state index is 13.2. The molecule has 1 heterocycles. The summed E-state index contributed by atoms with van der Waals surface area (Å²) >= 11 is 6.14. The summed E-state index contributed by atoms with van der Waals surface area (Å²) in [5.74, 6) is 0.0750. The molecule has 0 spiro atoms. The van der Waals surface area contributed by atoms with Crippen LogP contribution in [0.4, 0.5) is 15.9 Å². The molecule has 132 valence electrons. The Morgan fingerprint density at radius 2 is 1.92 bits per heavy atom. The summed E-state index contributed by atoms with van der Waals surface area (Å²) in [4.78, 5) is 20.8. The molecule has 3 aromatic rings. The van der Waals surface area contributed by atoms with Gasteiger partial charge < -0.3 is 10.6 Å². The van der Waals surface area contributed by atoms with Crippen LogP contribution in [0.2, 0.25) is 5.02 Å². The molecule has 3 rings (SSSR count). The number of aromatic nitrogens is 2. The van der Waals surface area contributed by atoms with Gasteiger partial charge in [-0.1, -0.05) is 35.9 Å². The van der Waals surface area contributed by atoms with E-state index in [0.29, 0.717) is 28.9 Å². The van der Waals surface area contributed by atoms with Gasteiger partial charge in [-0.2, -0.15) is 0 Å². The third kappa shape index (κ3) is 4.55. The van der Waals surface area contributed by atoms with E-state index < -0.39 is 11.7 Å². The molecule has 0 unspecified atom stereocenters. The van der Waals surface area contributed by atoms with Crippen molar-refractivity contribution in [2.75, 3.05) is 10.6 Å². The van der Waals surface area contributed by atoms with Gasteiger partial charge in [0.2, 0.25) is 0 Å². The second-order valence-corrected chi connectivity index (χ2v) is 6.00. The molecule has 0 radical (unpaired) electrons. The Hall–Kier alpha value is -2.99. The van der Waals surface area contributed by atoms with Crippen LogP contribution >= 0.6 is 11.6 Å². The fourth-order valence-electron chi connectivity index (χ4n) is 2.36. The van der Waals surface area contributed by atoms with Gasteiger partial charge in [0.25, 0.3) is 5.91 Å². The number of nitrogens with one attached hydrogen (secondary N) is 2. The Morgan fingerprint density at radius 3 is 2.69 bits per heavy atom. The molecule has 0 aliphatic rings. The van der Waals surface area contributed by atoms with E-state index in [1.165, 1.54) is 18.2 Å². The van der Waals surface area contributed by atoms with Crippen molar-refractivity contribution in [2.45, 2.75) is 13.5 Å². The Balaban J connectivity index is 1.74. The predicted molar refractivity (Wildman–Crippen MR) is 99.9 cm³/mol. The van der Waals surface area contributed by atoms with Gasteiger partial charge in [-0.3, -0.25) is 4.79 Å². The number of benzene rings is 2. The van der Waals surface area contributed by atoms with Crippen molar-refractivity contribution in [2.24, 2.45) is 0 Å². The van der Waals surface area contributed by atoms with Crippen LogP contribution in [0.1, 0.15) is 21.9 Å². The van der Waals surface area contributed by atoms with Crippen molar-refractivity contribution in [1.82, 2.24) is 9.97 Å². The van der Waals surface area contributed by atoms with Crippen molar-refractivity contribution in [1.29, 1.82) is 0 Å². The molecule has 2 N–H and O–H groups in total. The van der Waals surface area contributed by atoms with E-state index >= 15 is 0 Å². The Morgan fingerprint density at radius 1 is 1.12 bits per heavy atom. The summed E-state index contributed by atoms with van der Waals surface area (Å²) in [7, 11) is 0. The Bertz CT molecular complexity index is 948. The highest BCUT2D eigenvalue weighted by molar-refractivity contribution is 6.31. The quantitative estimate of drug-likeness (QED) is 0.696. The highest BCUT2D eigenvalue weighted by Crippen LogP contribution is 2.17. The normalized spacial score (nSPS) is 10.4. The zero-order valence-electron chi connectivity index (χ0n) is 14.0. The van der Waals surface area contributed by atoms with Gasteiger partial charge in [-0.15, -0.1) is 0 Å². The standard InChI is InChI=1S/C19H16ClFN4O/c1-12-23-17(19(26)25-15-7-4-6-14(21)9-15)10-18(24-12)22-11-13-5-2-3-8-16(13)20/h2-10H,11H2,1H3,(H,25,26)(H,22,23,24). The minimum Gasteiger partial charge on any atom is -0.366 e.